The lowest BCUT2D eigenvalue weighted by molar-refractivity contribution is -0.138. The summed E-state index contributed by atoms with van der Waals surface area (Å²) in [6, 6.07) is 10.8. The number of urea groups is 1. The molecule has 4 rings (SSSR count). The highest BCUT2D eigenvalue weighted by Crippen LogP contribution is 2.38. The summed E-state index contributed by atoms with van der Waals surface area (Å²) in [7, 11) is 0. The molecular weight excluding hydrogens is 438 g/mol. The number of amides is 3. The van der Waals surface area contributed by atoms with Gasteiger partial charge in [0.05, 0.1) is 11.7 Å². The second-order valence-corrected chi connectivity index (χ2v) is 11.9. The average Bonchev–Trinajstić information content (AvgIpc) is 3.10. The molecular formula is C28H45N5O2. The number of hydrogen-bond acceptors (Lipinski definition) is 4. The van der Waals surface area contributed by atoms with Crippen molar-refractivity contribution >= 4 is 11.9 Å². The molecule has 0 aromatic heterocycles. The van der Waals surface area contributed by atoms with E-state index in [9.17, 15) is 9.59 Å². The van der Waals surface area contributed by atoms with Crippen LogP contribution in [0, 0.1) is 5.92 Å². The highest BCUT2D eigenvalue weighted by molar-refractivity contribution is 5.86. The summed E-state index contributed by atoms with van der Waals surface area (Å²) < 4.78 is 0. The van der Waals surface area contributed by atoms with Crippen LogP contribution in [0.3, 0.4) is 0 Å². The van der Waals surface area contributed by atoms with Crippen molar-refractivity contribution in [2.45, 2.75) is 96.6 Å². The Bertz CT molecular complexity index is 867. The number of piperidine rings is 2. The summed E-state index contributed by atoms with van der Waals surface area (Å²) >= 11 is 0. The quantitative estimate of drug-likeness (QED) is 0.669. The Labute approximate surface area is 211 Å². The minimum absolute atomic E-state index is 0.00378. The van der Waals surface area contributed by atoms with Gasteiger partial charge in [0.25, 0.3) is 0 Å². The van der Waals surface area contributed by atoms with Crippen LogP contribution in [0.15, 0.2) is 30.3 Å². The zero-order chi connectivity index (χ0) is 25.2. The lowest BCUT2D eigenvalue weighted by Crippen LogP contribution is -2.64. The Morgan fingerprint density at radius 3 is 2.31 bits per heavy atom. The van der Waals surface area contributed by atoms with E-state index in [1.165, 1.54) is 5.56 Å². The molecule has 0 radical (unpaired) electrons. The SMILES string of the molecule is CC[C@H](C)[C@@H]1NC2(CCN(C(=O)NC(C)(C)C)CC2)N(C2CCN(Cc3ccccc3)CC2)C1=O. The van der Waals surface area contributed by atoms with E-state index in [0.29, 0.717) is 19.0 Å². The van der Waals surface area contributed by atoms with Gasteiger partial charge in [-0.2, -0.15) is 0 Å². The van der Waals surface area contributed by atoms with E-state index >= 15 is 0 Å². The molecule has 0 bridgehead atoms. The number of nitrogens with one attached hydrogen (secondary N) is 2. The highest BCUT2D eigenvalue weighted by atomic mass is 16.2. The van der Waals surface area contributed by atoms with Gasteiger partial charge >= 0.3 is 6.03 Å². The molecule has 0 aliphatic carbocycles. The number of benzene rings is 1. The molecule has 35 heavy (non-hydrogen) atoms. The lowest BCUT2D eigenvalue weighted by atomic mass is 9.92. The number of likely N-dealkylation sites (tertiary alicyclic amines) is 2. The zero-order valence-electron chi connectivity index (χ0n) is 22.3. The minimum Gasteiger partial charge on any atom is -0.333 e. The van der Waals surface area contributed by atoms with Crippen LogP contribution in [0.25, 0.3) is 0 Å². The molecule has 3 aliphatic rings. The average molecular weight is 484 g/mol. The maximum atomic E-state index is 13.8. The van der Waals surface area contributed by atoms with Crippen molar-refractivity contribution in [3.63, 3.8) is 0 Å². The molecule has 1 aromatic rings. The smallest absolute Gasteiger partial charge is 0.317 e. The largest absolute Gasteiger partial charge is 0.333 e. The first kappa shape index (κ1) is 26.0. The molecule has 2 atom stereocenters. The molecule has 1 aromatic carbocycles. The monoisotopic (exact) mass is 483 g/mol. The predicted molar refractivity (Wildman–Crippen MR) is 140 cm³/mol. The highest BCUT2D eigenvalue weighted by Gasteiger charge is 2.55. The van der Waals surface area contributed by atoms with Crippen LogP contribution in [0.2, 0.25) is 0 Å². The second-order valence-electron chi connectivity index (χ2n) is 11.9. The fourth-order valence-electron chi connectivity index (χ4n) is 5.97. The van der Waals surface area contributed by atoms with Crippen molar-refractivity contribution in [2.24, 2.45) is 5.92 Å². The van der Waals surface area contributed by atoms with E-state index in [2.05, 4.69) is 64.6 Å². The molecule has 0 unspecified atom stereocenters. The van der Waals surface area contributed by atoms with Crippen LogP contribution in [0.5, 0.6) is 0 Å². The molecule has 3 fully saturated rings. The van der Waals surface area contributed by atoms with Crippen LogP contribution in [0.1, 0.15) is 72.3 Å². The fourth-order valence-corrected chi connectivity index (χ4v) is 5.97. The third-order valence-corrected chi connectivity index (χ3v) is 8.13. The van der Waals surface area contributed by atoms with Crippen molar-refractivity contribution in [3.05, 3.63) is 35.9 Å². The predicted octanol–water partition coefficient (Wildman–Crippen LogP) is 3.80. The van der Waals surface area contributed by atoms with Crippen molar-refractivity contribution in [2.75, 3.05) is 26.2 Å². The van der Waals surface area contributed by atoms with Crippen molar-refractivity contribution in [1.82, 2.24) is 25.3 Å². The summed E-state index contributed by atoms with van der Waals surface area (Å²) in [5, 5.41) is 6.91. The van der Waals surface area contributed by atoms with E-state index < -0.39 is 0 Å². The van der Waals surface area contributed by atoms with E-state index in [0.717, 1.165) is 51.7 Å². The Morgan fingerprint density at radius 2 is 1.74 bits per heavy atom. The topological polar surface area (TPSA) is 67.9 Å². The molecule has 3 heterocycles. The normalized spacial score (nSPS) is 24.7. The molecule has 1 spiro atoms. The molecule has 3 saturated heterocycles. The van der Waals surface area contributed by atoms with Gasteiger partial charge in [-0.1, -0.05) is 50.6 Å². The first-order chi connectivity index (χ1) is 16.6. The van der Waals surface area contributed by atoms with Gasteiger partial charge in [-0.3, -0.25) is 15.0 Å². The van der Waals surface area contributed by atoms with Crippen LogP contribution >= 0.6 is 0 Å². The van der Waals surface area contributed by atoms with Gasteiger partial charge in [-0.15, -0.1) is 0 Å². The summed E-state index contributed by atoms with van der Waals surface area (Å²) in [5.41, 5.74) is 0.754. The first-order valence-corrected chi connectivity index (χ1v) is 13.6. The molecule has 194 valence electrons. The van der Waals surface area contributed by atoms with E-state index in [1.807, 2.05) is 25.7 Å². The fraction of sp³-hybridized carbons (Fsp3) is 0.714. The standard InChI is InChI=1S/C28H45N5O2/c1-6-21(2)24-25(34)33(23-12-16-31(17-13-23)20-22-10-8-7-9-11-22)28(29-24)14-18-32(19-15-28)26(35)30-27(3,4)5/h7-11,21,23-24,29H,6,12-20H2,1-5H3,(H,30,35)/t21-,24-/m0/s1. The third-order valence-electron chi connectivity index (χ3n) is 8.13. The van der Waals surface area contributed by atoms with Gasteiger partial charge in [-0.05, 0) is 45.1 Å². The Morgan fingerprint density at radius 1 is 1.11 bits per heavy atom. The van der Waals surface area contributed by atoms with E-state index in [4.69, 9.17) is 0 Å². The second kappa shape index (κ2) is 10.5. The van der Waals surface area contributed by atoms with E-state index in [1.54, 1.807) is 0 Å². The number of carbonyl (C=O) groups is 2. The molecule has 7 heteroatoms. The number of rotatable bonds is 5. The maximum absolute atomic E-state index is 13.8. The van der Waals surface area contributed by atoms with Crippen LogP contribution in [-0.4, -0.2) is 76.1 Å². The van der Waals surface area contributed by atoms with Gasteiger partial charge in [0.2, 0.25) is 5.91 Å². The van der Waals surface area contributed by atoms with Crippen molar-refractivity contribution in [3.8, 4) is 0 Å². The van der Waals surface area contributed by atoms with Crippen molar-refractivity contribution < 1.29 is 9.59 Å². The number of carbonyl (C=O) groups excluding carboxylic acids is 2. The molecule has 0 saturated carbocycles. The Kier molecular flexibility index (Phi) is 7.77. The van der Waals surface area contributed by atoms with Crippen LogP contribution in [-0.2, 0) is 11.3 Å². The molecule has 3 aliphatic heterocycles. The maximum Gasteiger partial charge on any atom is 0.317 e. The lowest BCUT2D eigenvalue weighted by Gasteiger charge is -2.49. The zero-order valence-corrected chi connectivity index (χ0v) is 22.3. The van der Waals surface area contributed by atoms with Gasteiger partial charge in [0, 0.05) is 57.1 Å². The van der Waals surface area contributed by atoms with Crippen LogP contribution < -0.4 is 10.6 Å². The number of hydrogen-bond donors (Lipinski definition) is 2. The van der Waals surface area contributed by atoms with Crippen molar-refractivity contribution in [1.29, 1.82) is 0 Å². The molecule has 2 N–H and O–H groups in total. The Hall–Kier alpha value is -2.12. The third kappa shape index (κ3) is 5.83. The van der Waals surface area contributed by atoms with Crippen LogP contribution in [0.4, 0.5) is 4.79 Å². The molecule has 7 nitrogen and oxygen atoms in total. The Balaban J connectivity index is 1.44. The molecule has 3 amide bonds. The first-order valence-electron chi connectivity index (χ1n) is 13.6. The van der Waals surface area contributed by atoms with Gasteiger partial charge in [0.1, 0.15) is 0 Å². The summed E-state index contributed by atoms with van der Waals surface area (Å²) in [6.45, 7) is 14.7. The summed E-state index contributed by atoms with van der Waals surface area (Å²) in [6.07, 6.45) is 4.55. The minimum atomic E-state index is -0.337. The van der Waals surface area contributed by atoms with Gasteiger partial charge in [-0.25, -0.2) is 4.79 Å². The summed E-state index contributed by atoms with van der Waals surface area (Å²) in [5.74, 6) is 0.568. The van der Waals surface area contributed by atoms with E-state index in [-0.39, 0.29) is 35.2 Å². The summed E-state index contributed by atoms with van der Waals surface area (Å²) in [4.78, 5) is 33.3. The van der Waals surface area contributed by atoms with Gasteiger partial charge < -0.3 is 15.1 Å². The van der Waals surface area contributed by atoms with Gasteiger partial charge in [0.15, 0.2) is 0 Å². The number of nitrogens with zero attached hydrogens (tertiary/aromatic N) is 3.